The molecule has 3 N–H and O–H groups in total. The molecule has 0 aromatic heterocycles. The summed E-state index contributed by atoms with van der Waals surface area (Å²) in [5, 5.41) is 8.36. The predicted octanol–water partition coefficient (Wildman–Crippen LogP) is 0.884. The number of rotatable bonds is 5. The van der Waals surface area contributed by atoms with Crippen molar-refractivity contribution >= 4 is 29.3 Å². The average Bonchev–Trinajstić information content (AvgIpc) is 1.97. The summed E-state index contributed by atoms with van der Waals surface area (Å²) in [5.74, 6) is 0.147. The van der Waals surface area contributed by atoms with Gasteiger partial charge in [-0.1, -0.05) is 17.7 Å². The van der Waals surface area contributed by atoms with E-state index >= 15 is 0 Å². The van der Waals surface area contributed by atoms with Gasteiger partial charge in [0.05, 0.1) is 0 Å². The third kappa shape index (κ3) is 6.22. The van der Waals surface area contributed by atoms with Crippen LogP contribution in [0.4, 0.5) is 0 Å². The summed E-state index contributed by atoms with van der Waals surface area (Å²) in [6.45, 7) is 0. The molecule has 1 atom stereocenters. The number of thioether (sulfide) groups is 1. The topological polar surface area (TPSA) is 63.3 Å². The van der Waals surface area contributed by atoms with Crippen LogP contribution in [0, 0.1) is 0 Å². The Bertz CT molecular complexity index is 152. The van der Waals surface area contributed by atoms with E-state index in [1.54, 1.807) is 6.08 Å². The van der Waals surface area contributed by atoms with Gasteiger partial charge in [0, 0.05) is 17.0 Å². The van der Waals surface area contributed by atoms with Gasteiger partial charge >= 0.3 is 5.97 Å². The molecule has 0 aliphatic heterocycles. The van der Waals surface area contributed by atoms with Crippen LogP contribution in [0.1, 0.15) is 0 Å². The van der Waals surface area contributed by atoms with Gasteiger partial charge in [-0.15, -0.1) is 0 Å². The highest BCUT2D eigenvalue weighted by molar-refractivity contribution is 7.99. The number of hydrogen-bond acceptors (Lipinski definition) is 3. The third-order valence-electron chi connectivity index (χ3n) is 0.918. The van der Waals surface area contributed by atoms with E-state index in [1.165, 1.54) is 17.3 Å². The zero-order chi connectivity index (χ0) is 8.69. The average molecular weight is 196 g/mol. The Balaban J connectivity index is 3.31. The lowest BCUT2D eigenvalue weighted by atomic mass is 10.4. The fourth-order valence-corrected chi connectivity index (χ4v) is 1.33. The fraction of sp³-hybridized carbons (Fsp3) is 0.500. The van der Waals surface area contributed by atoms with Gasteiger partial charge < -0.3 is 10.8 Å². The fourth-order valence-electron chi connectivity index (χ4n) is 0.371. The van der Waals surface area contributed by atoms with E-state index in [0.717, 1.165) is 0 Å². The first-order chi connectivity index (χ1) is 5.18. The number of carbonyl (C=O) groups is 1. The second kappa shape index (κ2) is 6.52. The van der Waals surface area contributed by atoms with Crippen LogP contribution in [0.25, 0.3) is 0 Å². The van der Waals surface area contributed by atoms with Crippen LogP contribution in [-0.4, -0.2) is 28.6 Å². The molecule has 0 aliphatic rings. The summed E-state index contributed by atoms with van der Waals surface area (Å²) in [6, 6.07) is -0.774. The maximum absolute atomic E-state index is 10.2. The van der Waals surface area contributed by atoms with Gasteiger partial charge in [0.1, 0.15) is 6.04 Å². The molecule has 0 saturated carbocycles. The van der Waals surface area contributed by atoms with Crippen LogP contribution in [0.2, 0.25) is 0 Å². The summed E-state index contributed by atoms with van der Waals surface area (Å²) in [6.07, 6.45) is 1.74. The highest BCUT2D eigenvalue weighted by atomic mass is 35.5. The number of halogens is 1. The second-order valence-corrected chi connectivity index (χ2v) is 3.17. The number of carboxylic acids is 1. The van der Waals surface area contributed by atoms with Crippen LogP contribution in [-0.2, 0) is 4.79 Å². The lowest BCUT2D eigenvalue weighted by Crippen LogP contribution is -2.32. The number of carboxylic acid groups (broad SMARTS) is 1. The molecule has 0 saturated heterocycles. The molecule has 0 unspecified atom stereocenters. The third-order valence-corrected chi connectivity index (χ3v) is 2.12. The largest absolute Gasteiger partial charge is 0.480 e. The molecule has 0 fully saturated rings. The van der Waals surface area contributed by atoms with E-state index in [9.17, 15) is 4.79 Å². The Morgan fingerprint density at radius 2 is 2.45 bits per heavy atom. The number of hydrogen-bond donors (Lipinski definition) is 2. The molecule has 0 aromatic carbocycles. The lowest BCUT2D eigenvalue weighted by Gasteiger charge is -2.02. The molecule has 0 amide bonds. The molecule has 64 valence electrons. The van der Waals surface area contributed by atoms with Gasteiger partial charge in [0.15, 0.2) is 0 Å². The predicted molar refractivity (Wildman–Crippen MR) is 47.9 cm³/mol. The molecule has 3 nitrogen and oxygen atoms in total. The molecule has 0 bridgehead atoms. The minimum absolute atomic E-state index is 0.413. The summed E-state index contributed by atoms with van der Waals surface area (Å²) in [4.78, 5) is 10.2. The van der Waals surface area contributed by atoms with Crippen molar-refractivity contribution in [1.29, 1.82) is 0 Å². The van der Waals surface area contributed by atoms with Crippen molar-refractivity contribution in [2.75, 3.05) is 11.5 Å². The van der Waals surface area contributed by atoms with Gasteiger partial charge in [-0.2, -0.15) is 11.8 Å². The zero-order valence-corrected chi connectivity index (χ0v) is 7.44. The second-order valence-electron chi connectivity index (χ2n) is 1.84. The smallest absolute Gasteiger partial charge is 0.321 e. The van der Waals surface area contributed by atoms with Crippen molar-refractivity contribution in [3.05, 3.63) is 11.6 Å². The van der Waals surface area contributed by atoms with Gasteiger partial charge in [-0.05, 0) is 0 Å². The molecule has 0 heterocycles. The van der Waals surface area contributed by atoms with Crippen LogP contribution >= 0.6 is 23.4 Å². The van der Waals surface area contributed by atoms with E-state index in [0.29, 0.717) is 11.5 Å². The maximum atomic E-state index is 10.2. The van der Waals surface area contributed by atoms with Crippen LogP contribution in [0.5, 0.6) is 0 Å². The Labute approximate surface area is 74.6 Å². The molecule has 0 spiro atoms. The summed E-state index contributed by atoms with van der Waals surface area (Å²) < 4.78 is 0. The molecule has 0 rings (SSSR count). The molecule has 5 heteroatoms. The highest BCUT2D eigenvalue weighted by Gasteiger charge is 2.09. The first-order valence-electron chi connectivity index (χ1n) is 3.00. The SMILES string of the molecule is N[C@@H](CSC/C=C/Cl)C(=O)O. The Hall–Kier alpha value is -0.190. The van der Waals surface area contributed by atoms with Crippen molar-refractivity contribution in [3.63, 3.8) is 0 Å². The molecular formula is C6H10ClNO2S. The molecule has 0 aliphatic carbocycles. The lowest BCUT2D eigenvalue weighted by molar-refractivity contribution is -0.137. The molecular weight excluding hydrogens is 186 g/mol. The molecule has 0 aromatic rings. The van der Waals surface area contributed by atoms with E-state index in [-0.39, 0.29) is 0 Å². The van der Waals surface area contributed by atoms with Crippen molar-refractivity contribution in [1.82, 2.24) is 0 Å². The van der Waals surface area contributed by atoms with E-state index in [4.69, 9.17) is 22.4 Å². The van der Waals surface area contributed by atoms with E-state index in [2.05, 4.69) is 0 Å². The van der Waals surface area contributed by atoms with Crippen molar-refractivity contribution in [3.8, 4) is 0 Å². The zero-order valence-electron chi connectivity index (χ0n) is 5.87. The highest BCUT2D eigenvalue weighted by Crippen LogP contribution is 2.02. The standard InChI is InChI=1S/C6H10ClNO2S/c7-2-1-3-11-4-5(8)6(9)10/h1-2,5H,3-4,8H2,(H,9,10)/b2-1+/t5-/m0/s1. The minimum Gasteiger partial charge on any atom is -0.480 e. The van der Waals surface area contributed by atoms with Crippen molar-refractivity contribution < 1.29 is 9.90 Å². The van der Waals surface area contributed by atoms with Gasteiger partial charge in [-0.3, -0.25) is 4.79 Å². The van der Waals surface area contributed by atoms with Gasteiger partial charge in [-0.25, -0.2) is 0 Å². The summed E-state index contributed by atoms with van der Waals surface area (Å²) >= 11 is 6.68. The maximum Gasteiger partial charge on any atom is 0.321 e. The Morgan fingerprint density at radius 3 is 2.91 bits per heavy atom. The van der Waals surface area contributed by atoms with E-state index in [1.807, 2.05) is 0 Å². The van der Waals surface area contributed by atoms with Crippen molar-refractivity contribution in [2.24, 2.45) is 5.73 Å². The van der Waals surface area contributed by atoms with Crippen LogP contribution < -0.4 is 5.73 Å². The monoisotopic (exact) mass is 195 g/mol. The van der Waals surface area contributed by atoms with Gasteiger partial charge in [0.2, 0.25) is 0 Å². The minimum atomic E-state index is -0.965. The van der Waals surface area contributed by atoms with Gasteiger partial charge in [0.25, 0.3) is 0 Å². The Kier molecular flexibility index (Phi) is 6.40. The number of aliphatic carboxylic acids is 1. The first kappa shape index (κ1) is 10.8. The van der Waals surface area contributed by atoms with Crippen LogP contribution in [0.3, 0.4) is 0 Å². The van der Waals surface area contributed by atoms with E-state index < -0.39 is 12.0 Å². The van der Waals surface area contributed by atoms with Crippen LogP contribution in [0.15, 0.2) is 11.6 Å². The summed E-state index contributed by atoms with van der Waals surface area (Å²) in [5.41, 5.74) is 6.62. The normalized spacial score (nSPS) is 13.6. The molecule has 0 radical (unpaired) electrons. The first-order valence-corrected chi connectivity index (χ1v) is 4.59. The molecule has 11 heavy (non-hydrogen) atoms. The quantitative estimate of drug-likeness (QED) is 0.640. The summed E-state index contributed by atoms with van der Waals surface area (Å²) in [7, 11) is 0. The van der Waals surface area contributed by atoms with Crippen molar-refractivity contribution in [2.45, 2.75) is 6.04 Å². The number of nitrogens with two attached hydrogens (primary N) is 1. The Morgan fingerprint density at radius 1 is 1.82 bits per heavy atom.